The molecular weight excluding hydrogens is 311 g/mol. The minimum atomic E-state index is -2.75. The molecule has 0 aromatic carbocycles. The van der Waals surface area contributed by atoms with Gasteiger partial charge in [-0.05, 0) is 26.8 Å². The maximum absolute atomic E-state index is 13.0. The lowest BCUT2D eigenvalue weighted by Gasteiger charge is -2.35. The van der Waals surface area contributed by atoms with Gasteiger partial charge in [0, 0.05) is 25.0 Å². The number of carbonyl (C=O) groups excluding carboxylic acids is 1. The molecular formula is C12H23Cl2F2N3O. The van der Waals surface area contributed by atoms with Crippen LogP contribution in [-0.2, 0) is 4.79 Å². The average Bonchev–Trinajstić information content (AvgIpc) is 2.64. The van der Waals surface area contributed by atoms with Crippen LogP contribution in [0.25, 0.3) is 0 Å². The SMILES string of the molecule is CC1CC(NC(=O)C2CC(F)(F)CN2)CCN1C.Cl.Cl. The molecule has 2 rings (SSSR count). The van der Waals surface area contributed by atoms with E-state index in [9.17, 15) is 13.6 Å². The third kappa shape index (κ3) is 4.98. The van der Waals surface area contributed by atoms with Crippen molar-refractivity contribution in [3.05, 3.63) is 0 Å². The first-order chi connectivity index (χ1) is 8.37. The van der Waals surface area contributed by atoms with Crippen molar-refractivity contribution in [1.29, 1.82) is 0 Å². The van der Waals surface area contributed by atoms with Gasteiger partial charge in [0.1, 0.15) is 0 Å². The number of halogens is 4. The van der Waals surface area contributed by atoms with Gasteiger partial charge in [-0.2, -0.15) is 0 Å². The van der Waals surface area contributed by atoms with E-state index in [2.05, 4.69) is 29.5 Å². The Kier molecular flexibility index (Phi) is 7.66. The summed E-state index contributed by atoms with van der Waals surface area (Å²) in [5.74, 6) is -3.03. The van der Waals surface area contributed by atoms with Crippen molar-refractivity contribution in [2.45, 2.75) is 50.2 Å². The number of hydrogen-bond acceptors (Lipinski definition) is 3. The summed E-state index contributed by atoms with van der Waals surface area (Å²) in [4.78, 5) is 14.1. The minimum absolute atomic E-state index is 0. The molecule has 2 heterocycles. The molecule has 0 aromatic rings. The van der Waals surface area contributed by atoms with Gasteiger partial charge in [-0.15, -0.1) is 24.8 Å². The highest BCUT2D eigenvalue weighted by Gasteiger charge is 2.42. The van der Waals surface area contributed by atoms with E-state index in [1.165, 1.54) is 0 Å². The first kappa shape index (κ1) is 19.8. The van der Waals surface area contributed by atoms with Crippen LogP contribution < -0.4 is 10.6 Å². The highest BCUT2D eigenvalue weighted by molar-refractivity contribution is 5.85. The predicted molar refractivity (Wildman–Crippen MR) is 79.1 cm³/mol. The number of piperidine rings is 1. The second kappa shape index (κ2) is 7.73. The van der Waals surface area contributed by atoms with E-state index in [1.54, 1.807) is 0 Å². The van der Waals surface area contributed by atoms with Gasteiger partial charge >= 0.3 is 0 Å². The summed E-state index contributed by atoms with van der Waals surface area (Å²) < 4.78 is 26.0. The molecule has 0 aromatic heterocycles. The quantitative estimate of drug-likeness (QED) is 0.803. The Morgan fingerprint density at radius 2 is 2.05 bits per heavy atom. The fraction of sp³-hybridized carbons (Fsp3) is 0.917. The van der Waals surface area contributed by atoms with Crippen LogP contribution in [-0.4, -0.2) is 55.0 Å². The Balaban J connectivity index is 0.00000180. The third-order valence-corrected chi connectivity index (χ3v) is 3.98. The molecule has 4 nitrogen and oxygen atoms in total. The van der Waals surface area contributed by atoms with Crippen LogP contribution >= 0.6 is 24.8 Å². The van der Waals surface area contributed by atoms with E-state index in [4.69, 9.17) is 0 Å². The molecule has 3 unspecified atom stereocenters. The summed E-state index contributed by atoms with van der Waals surface area (Å²) in [6, 6.07) is -0.211. The van der Waals surface area contributed by atoms with Crippen LogP contribution in [0, 0.1) is 0 Å². The van der Waals surface area contributed by atoms with Crippen LogP contribution in [0.3, 0.4) is 0 Å². The number of amides is 1. The first-order valence-corrected chi connectivity index (χ1v) is 6.49. The van der Waals surface area contributed by atoms with Gasteiger partial charge in [0.2, 0.25) is 5.91 Å². The van der Waals surface area contributed by atoms with Crippen LogP contribution in [0.4, 0.5) is 8.78 Å². The van der Waals surface area contributed by atoms with Crippen LogP contribution in [0.2, 0.25) is 0 Å². The number of carbonyl (C=O) groups is 1. The predicted octanol–water partition coefficient (Wildman–Crippen LogP) is 1.43. The Morgan fingerprint density at radius 3 is 2.55 bits per heavy atom. The van der Waals surface area contributed by atoms with E-state index in [-0.39, 0.29) is 43.2 Å². The van der Waals surface area contributed by atoms with Crippen LogP contribution in [0.1, 0.15) is 26.2 Å². The number of likely N-dealkylation sites (tertiary alicyclic amines) is 1. The van der Waals surface area contributed by atoms with E-state index in [0.717, 1.165) is 19.4 Å². The van der Waals surface area contributed by atoms with Crippen molar-refractivity contribution in [3.63, 3.8) is 0 Å². The van der Waals surface area contributed by atoms with E-state index < -0.39 is 18.5 Å². The molecule has 0 aliphatic carbocycles. The van der Waals surface area contributed by atoms with E-state index in [0.29, 0.717) is 6.04 Å². The van der Waals surface area contributed by atoms with Crippen molar-refractivity contribution in [2.24, 2.45) is 0 Å². The lowest BCUT2D eigenvalue weighted by atomic mass is 9.98. The number of rotatable bonds is 2. The largest absolute Gasteiger partial charge is 0.352 e. The second-order valence-electron chi connectivity index (χ2n) is 5.55. The molecule has 2 saturated heterocycles. The highest BCUT2D eigenvalue weighted by Crippen LogP contribution is 2.25. The molecule has 0 saturated carbocycles. The Hall–Kier alpha value is -0.170. The number of hydrogen-bond donors (Lipinski definition) is 2. The van der Waals surface area contributed by atoms with Gasteiger partial charge in [-0.25, -0.2) is 8.78 Å². The average molecular weight is 334 g/mol. The zero-order valence-electron chi connectivity index (χ0n) is 11.7. The fourth-order valence-corrected chi connectivity index (χ4v) is 2.62. The lowest BCUT2D eigenvalue weighted by molar-refractivity contribution is -0.124. The van der Waals surface area contributed by atoms with Gasteiger partial charge in [-0.1, -0.05) is 0 Å². The van der Waals surface area contributed by atoms with Gasteiger partial charge in [0.25, 0.3) is 5.92 Å². The van der Waals surface area contributed by atoms with Crippen molar-refractivity contribution in [1.82, 2.24) is 15.5 Å². The molecule has 2 fully saturated rings. The molecule has 8 heteroatoms. The number of alkyl halides is 2. The maximum Gasteiger partial charge on any atom is 0.262 e. The minimum Gasteiger partial charge on any atom is -0.352 e. The molecule has 20 heavy (non-hydrogen) atoms. The summed E-state index contributed by atoms with van der Waals surface area (Å²) in [7, 11) is 2.06. The molecule has 120 valence electrons. The Morgan fingerprint density at radius 1 is 1.40 bits per heavy atom. The van der Waals surface area contributed by atoms with Gasteiger partial charge < -0.3 is 10.2 Å². The third-order valence-electron chi connectivity index (χ3n) is 3.98. The van der Waals surface area contributed by atoms with Gasteiger partial charge in [0.15, 0.2) is 0 Å². The number of nitrogens with one attached hydrogen (secondary N) is 2. The maximum atomic E-state index is 13.0. The van der Waals surface area contributed by atoms with Crippen molar-refractivity contribution in [2.75, 3.05) is 20.1 Å². The summed E-state index contributed by atoms with van der Waals surface area (Å²) in [6.07, 6.45) is 1.38. The second-order valence-corrected chi connectivity index (χ2v) is 5.55. The smallest absolute Gasteiger partial charge is 0.262 e. The monoisotopic (exact) mass is 333 g/mol. The zero-order chi connectivity index (χ0) is 13.3. The topological polar surface area (TPSA) is 44.4 Å². The molecule has 0 spiro atoms. The standard InChI is InChI=1S/C12H21F2N3O.2ClH/c1-8-5-9(3-4-17(8)2)16-11(18)10-6-12(13,14)7-15-10;;/h8-10,15H,3-7H2,1-2H3,(H,16,18);2*1H. The van der Waals surface area contributed by atoms with Gasteiger partial charge in [-0.3, -0.25) is 10.1 Å². The molecule has 1 amide bonds. The Labute approximate surface area is 130 Å². The molecule has 2 aliphatic heterocycles. The Bertz CT molecular complexity index is 334. The summed E-state index contributed by atoms with van der Waals surface area (Å²) in [5.41, 5.74) is 0. The molecule has 3 atom stereocenters. The summed E-state index contributed by atoms with van der Waals surface area (Å²) in [6.45, 7) is 2.65. The van der Waals surface area contributed by atoms with Gasteiger partial charge in [0.05, 0.1) is 12.6 Å². The highest BCUT2D eigenvalue weighted by atomic mass is 35.5. The van der Waals surface area contributed by atoms with Crippen molar-refractivity contribution < 1.29 is 13.6 Å². The normalized spacial score (nSPS) is 32.9. The summed E-state index contributed by atoms with van der Waals surface area (Å²) >= 11 is 0. The molecule has 2 N–H and O–H groups in total. The van der Waals surface area contributed by atoms with Crippen molar-refractivity contribution in [3.8, 4) is 0 Å². The van der Waals surface area contributed by atoms with Crippen LogP contribution in [0.5, 0.6) is 0 Å². The fourth-order valence-electron chi connectivity index (χ4n) is 2.62. The van der Waals surface area contributed by atoms with E-state index >= 15 is 0 Å². The lowest BCUT2D eigenvalue weighted by Crippen LogP contribution is -2.51. The van der Waals surface area contributed by atoms with Crippen LogP contribution in [0.15, 0.2) is 0 Å². The molecule has 0 radical (unpaired) electrons. The molecule has 2 aliphatic rings. The summed E-state index contributed by atoms with van der Waals surface area (Å²) in [5, 5.41) is 5.47. The number of nitrogens with zero attached hydrogens (tertiary/aromatic N) is 1. The first-order valence-electron chi connectivity index (χ1n) is 6.49. The zero-order valence-corrected chi connectivity index (χ0v) is 13.3. The van der Waals surface area contributed by atoms with Crippen molar-refractivity contribution >= 4 is 30.7 Å². The molecule has 0 bridgehead atoms. The van der Waals surface area contributed by atoms with E-state index in [1.807, 2.05) is 0 Å².